The van der Waals surface area contributed by atoms with Crippen molar-refractivity contribution < 1.29 is 8.42 Å². The van der Waals surface area contributed by atoms with Crippen molar-refractivity contribution in [3.05, 3.63) is 0 Å². The summed E-state index contributed by atoms with van der Waals surface area (Å²) >= 11 is 0. The predicted molar refractivity (Wildman–Crippen MR) is 70.8 cm³/mol. The van der Waals surface area contributed by atoms with Gasteiger partial charge in [-0.15, -0.1) is 0 Å². The molecule has 17 heavy (non-hydrogen) atoms. The average molecular weight is 259 g/mol. The SMILES string of the molecule is CCC1CCC(NC2CCCS(=O)(=O)C2)C1C. The van der Waals surface area contributed by atoms with E-state index in [1.54, 1.807) is 0 Å². The highest BCUT2D eigenvalue weighted by Gasteiger charge is 2.34. The molecule has 4 unspecified atom stereocenters. The first kappa shape index (κ1) is 13.3. The summed E-state index contributed by atoms with van der Waals surface area (Å²) in [4.78, 5) is 0. The Hall–Kier alpha value is -0.0900. The number of nitrogens with one attached hydrogen (secondary N) is 1. The van der Waals surface area contributed by atoms with Crippen molar-refractivity contribution >= 4 is 9.84 Å². The minimum atomic E-state index is -2.77. The molecule has 0 radical (unpaired) electrons. The molecule has 1 N–H and O–H groups in total. The molecule has 100 valence electrons. The van der Waals surface area contributed by atoms with E-state index in [2.05, 4.69) is 19.2 Å². The maximum Gasteiger partial charge on any atom is 0.151 e. The third kappa shape index (κ3) is 3.22. The number of rotatable bonds is 3. The number of sulfone groups is 1. The molecule has 0 bridgehead atoms. The minimum Gasteiger partial charge on any atom is -0.310 e. The van der Waals surface area contributed by atoms with Crippen LogP contribution >= 0.6 is 0 Å². The van der Waals surface area contributed by atoms with Crippen LogP contribution in [0.1, 0.15) is 46.0 Å². The normalized spacial score (nSPS) is 41.5. The zero-order valence-corrected chi connectivity index (χ0v) is 11.8. The van der Waals surface area contributed by atoms with Gasteiger partial charge in [-0.3, -0.25) is 0 Å². The molecular weight excluding hydrogens is 234 g/mol. The van der Waals surface area contributed by atoms with Crippen molar-refractivity contribution in [3.63, 3.8) is 0 Å². The van der Waals surface area contributed by atoms with Crippen molar-refractivity contribution in [1.29, 1.82) is 0 Å². The van der Waals surface area contributed by atoms with Crippen LogP contribution in [0.3, 0.4) is 0 Å². The fraction of sp³-hybridized carbons (Fsp3) is 1.00. The van der Waals surface area contributed by atoms with Gasteiger partial charge in [-0.25, -0.2) is 8.42 Å². The molecule has 3 nitrogen and oxygen atoms in total. The Bertz CT molecular complexity index is 352. The van der Waals surface area contributed by atoms with E-state index in [4.69, 9.17) is 0 Å². The van der Waals surface area contributed by atoms with Crippen LogP contribution in [0.15, 0.2) is 0 Å². The Morgan fingerprint density at radius 2 is 2.00 bits per heavy atom. The van der Waals surface area contributed by atoms with Crippen molar-refractivity contribution in [3.8, 4) is 0 Å². The first-order chi connectivity index (χ1) is 8.02. The zero-order valence-electron chi connectivity index (χ0n) is 11.0. The molecule has 0 aromatic rings. The monoisotopic (exact) mass is 259 g/mol. The lowest BCUT2D eigenvalue weighted by Gasteiger charge is -2.29. The summed E-state index contributed by atoms with van der Waals surface area (Å²) in [6.07, 6.45) is 5.63. The molecule has 2 fully saturated rings. The van der Waals surface area contributed by atoms with E-state index in [-0.39, 0.29) is 6.04 Å². The largest absolute Gasteiger partial charge is 0.310 e. The molecule has 1 aliphatic carbocycles. The van der Waals surface area contributed by atoms with E-state index in [1.165, 1.54) is 19.3 Å². The first-order valence-corrected chi connectivity index (χ1v) is 8.80. The second-order valence-corrected chi connectivity index (χ2v) is 8.06. The van der Waals surface area contributed by atoms with Crippen LogP contribution in [0.5, 0.6) is 0 Å². The van der Waals surface area contributed by atoms with Gasteiger partial charge in [0, 0.05) is 12.1 Å². The molecule has 1 saturated carbocycles. The maximum atomic E-state index is 11.6. The van der Waals surface area contributed by atoms with Crippen LogP contribution in [-0.2, 0) is 9.84 Å². The number of hydrogen-bond donors (Lipinski definition) is 1. The molecule has 1 saturated heterocycles. The van der Waals surface area contributed by atoms with Gasteiger partial charge in [0.05, 0.1) is 11.5 Å². The molecule has 2 aliphatic rings. The molecule has 0 aromatic carbocycles. The second kappa shape index (κ2) is 5.27. The van der Waals surface area contributed by atoms with E-state index in [0.29, 0.717) is 23.5 Å². The zero-order chi connectivity index (χ0) is 12.5. The molecular formula is C13H25NO2S. The third-order valence-corrected chi connectivity index (χ3v) is 6.48. The lowest BCUT2D eigenvalue weighted by molar-refractivity contribution is 0.318. The van der Waals surface area contributed by atoms with Gasteiger partial charge in [-0.05, 0) is 37.5 Å². The standard InChI is InChI=1S/C13H25NO2S/c1-3-11-6-7-13(10(11)2)14-12-5-4-8-17(15,16)9-12/h10-14H,3-9H2,1-2H3. The Morgan fingerprint density at radius 1 is 1.24 bits per heavy atom. The average Bonchev–Trinajstić information content (AvgIpc) is 2.59. The van der Waals surface area contributed by atoms with Crippen LogP contribution in [0.2, 0.25) is 0 Å². The fourth-order valence-electron chi connectivity index (χ4n) is 3.52. The second-order valence-electron chi connectivity index (χ2n) is 5.83. The van der Waals surface area contributed by atoms with Crippen LogP contribution in [0.25, 0.3) is 0 Å². The molecule has 4 heteroatoms. The van der Waals surface area contributed by atoms with E-state index < -0.39 is 9.84 Å². The number of hydrogen-bond acceptors (Lipinski definition) is 3. The van der Waals surface area contributed by atoms with E-state index >= 15 is 0 Å². The summed E-state index contributed by atoms with van der Waals surface area (Å²) in [7, 11) is -2.77. The van der Waals surface area contributed by atoms with Crippen molar-refractivity contribution in [2.24, 2.45) is 11.8 Å². The molecule has 2 rings (SSSR count). The van der Waals surface area contributed by atoms with Crippen LogP contribution < -0.4 is 5.32 Å². The van der Waals surface area contributed by atoms with Crippen LogP contribution in [-0.4, -0.2) is 32.0 Å². The quantitative estimate of drug-likeness (QED) is 0.843. The molecule has 1 heterocycles. The highest BCUT2D eigenvalue weighted by molar-refractivity contribution is 7.91. The van der Waals surface area contributed by atoms with E-state index in [0.717, 1.165) is 18.8 Å². The maximum absolute atomic E-state index is 11.6. The summed E-state index contributed by atoms with van der Waals surface area (Å²) < 4.78 is 23.2. The molecule has 4 atom stereocenters. The third-order valence-electron chi connectivity index (χ3n) is 4.66. The Kier molecular flexibility index (Phi) is 4.14. The van der Waals surface area contributed by atoms with Crippen molar-refractivity contribution in [1.82, 2.24) is 5.32 Å². The van der Waals surface area contributed by atoms with Gasteiger partial charge in [-0.1, -0.05) is 20.3 Å². The minimum absolute atomic E-state index is 0.205. The Balaban J connectivity index is 1.89. The molecule has 0 amide bonds. The van der Waals surface area contributed by atoms with Gasteiger partial charge in [0.1, 0.15) is 0 Å². The van der Waals surface area contributed by atoms with Gasteiger partial charge in [0.2, 0.25) is 0 Å². The smallest absolute Gasteiger partial charge is 0.151 e. The van der Waals surface area contributed by atoms with Crippen molar-refractivity contribution in [2.75, 3.05) is 11.5 Å². The van der Waals surface area contributed by atoms with Crippen molar-refractivity contribution in [2.45, 2.75) is 58.0 Å². The Morgan fingerprint density at radius 3 is 2.59 bits per heavy atom. The predicted octanol–water partition coefficient (Wildman–Crippen LogP) is 1.98. The first-order valence-electron chi connectivity index (χ1n) is 6.98. The summed E-state index contributed by atoms with van der Waals surface area (Å²) in [5, 5.41) is 3.61. The van der Waals surface area contributed by atoms with E-state index in [9.17, 15) is 8.42 Å². The highest BCUT2D eigenvalue weighted by Crippen LogP contribution is 2.34. The molecule has 1 aliphatic heterocycles. The fourth-order valence-corrected chi connectivity index (χ4v) is 5.17. The summed E-state index contributed by atoms with van der Waals surface area (Å²) in [6, 6.07) is 0.745. The van der Waals surface area contributed by atoms with Gasteiger partial charge < -0.3 is 5.32 Å². The summed E-state index contributed by atoms with van der Waals surface area (Å²) in [5.74, 6) is 2.27. The van der Waals surface area contributed by atoms with Gasteiger partial charge in [0.15, 0.2) is 9.84 Å². The summed E-state index contributed by atoms with van der Waals surface area (Å²) in [5.41, 5.74) is 0. The van der Waals surface area contributed by atoms with E-state index in [1.807, 2.05) is 0 Å². The van der Waals surface area contributed by atoms with Crippen LogP contribution in [0, 0.1) is 11.8 Å². The van der Waals surface area contributed by atoms with Gasteiger partial charge >= 0.3 is 0 Å². The summed E-state index contributed by atoms with van der Waals surface area (Å²) in [6.45, 7) is 4.57. The highest BCUT2D eigenvalue weighted by atomic mass is 32.2. The lowest BCUT2D eigenvalue weighted by Crippen LogP contribution is -2.46. The van der Waals surface area contributed by atoms with Crippen LogP contribution in [0.4, 0.5) is 0 Å². The van der Waals surface area contributed by atoms with Gasteiger partial charge in [-0.2, -0.15) is 0 Å². The van der Waals surface area contributed by atoms with Gasteiger partial charge in [0.25, 0.3) is 0 Å². The molecule has 0 aromatic heterocycles. The topological polar surface area (TPSA) is 46.2 Å². The Labute approximate surface area is 105 Å². The lowest BCUT2D eigenvalue weighted by atomic mass is 9.93. The molecule has 0 spiro atoms.